The van der Waals surface area contributed by atoms with Gasteiger partial charge in [-0.1, -0.05) is 125 Å². The Balaban J connectivity index is 2.45. The van der Waals surface area contributed by atoms with Crippen LogP contribution >= 0.6 is 0 Å². The summed E-state index contributed by atoms with van der Waals surface area (Å²) in [6.45, 7) is 15.1. The van der Waals surface area contributed by atoms with Crippen LogP contribution in [-0.4, -0.2) is 37.7 Å². The molecule has 0 N–H and O–H groups in total. The summed E-state index contributed by atoms with van der Waals surface area (Å²) in [7, 11) is 0. The number of esters is 3. The second-order valence-electron chi connectivity index (χ2n) is 16.3. The van der Waals surface area contributed by atoms with Crippen LogP contribution < -0.4 is 0 Å². The van der Waals surface area contributed by atoms with Crippen LogP contribution in [0.5, 0.6) is 0 Å². The molecule has 0 heterocycles. The summed E-state index contributed by atoms with van der Waals surface area (Å²) in [5.74, 6) is 3.22. The Labute approximate surface area is 297 Å². The largest absolute Gasteiger partial charge is 0.466 e. The highest BCUT2D eigenvalue weighted by Crippen LogP contribution is 2.41. The molecule has 1 aliphatic carbocycles. The Morgan fingerprint density at radius 3 is 1.21 bits per heavy atom. The van der Waals surface area contributed by atoms with Crippen molar-refractivity contribution >= 4 is 17.9 Å². The first-order chi connectivity index (χ1) is 23.1. The van der Waals surface area contributed by atoms with Crippen molar-refractivity contribution in [3.8, 4) is 0 Å². The highest BCUT2D eigenvalue weighted by molar-refractivity contribution is 5.70. The van der Waals surface area contributed by atoms with Gasteiger partial charge in [0.15, 0.2) is 0 Å². The van der Waals surface area contributed by atoms with E-state index in [9.17, 15) is 14.4 Å². The van der Waals surface area contributed by atoms with E-state index in [0.29, 0.717) is 56.8 Å². The molecule has 0 aliphatic heterocycles. The highest BCUT2D eigenvalue weighted by Gasteiger charge is 2.31. The molecule has 0 spiro atoms. The van der Waals surface area contributed by atoms with Gasteiger partial charge in [0.25, 0.3) is 0 Å². The number of ether oxygens (including phenoxy) is 3. The average molecular weight is 679 g/mol. The van der Waals surface area contributed by atoms with E-state index >= 15 is 0 Å². The van der Waals surface area contributed by atoms with Crippen LogP contribution in [0.1, 0.15) is 196 Å². The molecule has 0 aromatic rings. The third kappa shape index (κ3) is 26.3. The number of carbonyl (C=O) groups is 3. The quantitative estimate of drug-likeness (QED) is 0.0427. The molecule has 6 nitrogen and oxygen atoms in total. The lowest BCUT2D eigenvalue weighted by Gasteiger charge is -2.36. The number of carbonyl (C=O) groups excluding carboxylic acids is 3. The second-order valence-corrected chi connectivity index (χ2v) is 16.3. The lowest BCUT2D eigenvalue weighted by molar-refractivity contribution is -0.146. The minimum atomic E-state index is -0.0985. The van der Waals surface area contributed by atoms with Crippen molar-refractivity contribution in [3.63, 3.8) is 0 Å². The Bertz CT molecular complexity index is 806. The second kappa shape index (κ2) is 29.2. The van der Waals surface area contributed by atoms with Gasteiger partial charge in [-0.2, -0.15) is 0 Å². The zero-order chi connectivity index (χ0) is 35.4. The Morgan fingerprint density at radius 1 is 0.458 bits per heavy atom. The summed E-state index contributed by atoms with van der Waals surface area (Å²) < 4.78 is 16.7. The number of hydrogen-bond acceptors (Lipinski definition) is 6. The molecular weight excluding hydrogens is 600 g/mol. The first-order valence-corrected chi connectivity index (χ1v) is 20.5. The van der Waals surface area contributed by atoms with Gasteiger partial charge in [-0.05, 0) is 86.9 Å². The molecule has 0 saturated heterocycles. The van der Waals surface area contributed by atoms with Crippen molar-refractivity contribution < 1.29 is 28.6 Å². The number of rotatable bonds is 30. The smallest absolute Gasteiger partial charge is 0.305 e. The summed E-state index contributed by atoms with van der Waals surface area (Å²) >= 11 is 0. The van der Waals surface area contributed by atoms with Crippen molar-refractivity contribution in [1.82, 2.24) is 0 Å². The summed E-state index contributed by atoms with van der Waals surface area (Å²) in [6.07, 6.45) is 24.3. The molecule has 282 valence electrons. The van der Waals surface area contributed by atoms with Crippen molar-refractivity contribution in [1.29, 1.82) is 0 Å². The van der Waals surface area contributed by atoms with Crippen LogP contribution in [0.4, 0.5) is 0 Å². The maximum Gasteiger partial charge on any atom is 0.305 e. The summed E-state index contributed by atoms with van der Waals surface area (Å²) in [5, 5.41) is 0. The van der Waals surface area contributed by atoms with Gasteiger partial charge in [0.05, 0.1) is 19.8 Å². The zero-order valence-corrected chi connectivity index (χ0v) is 32.5. The maximum absolute atomic E-state index is 12.6. The minimum absolute atomic E-state index is 0.0775. The Kier molecular flexibility index (Phi) is 27.0. The summed E-state index contributed by atoms with van der Waals surface area (Å²) in [6, 6.07) is 0. The van der Waals surface area contributed by atoms with Gasteiger partial charge >= 0.3 is 17.9 Å². The van der Waals surface area contributed by atoms with Crippen molar-refractivity contribution in [2.75, 3.05) is 19.8 Å². The first kappa shape index (κ1) is 44.4. The molecular formula is C42H78O6. The van der Waals surface area contributed by atoms with Crippen molar-refractivity contribution in [2.45, 2.75) is 196 Å². The third-order valence-electron chi connectivity index (χ3n) is 10.3. The molecule has 1 fully saturated rings. The van der Waals surface area contributed by atoms with Crippen LogP contribution in [0.25, 0.3) is 0 Å². The molecule has 0 amide bonds. The minimum Gasteiger partial charge on any atom is -0.466 e. The summed E-state index contributed by atoms with van der Waals surface area (Å²) in [5.41, 5.74) is 0. The lowest BCUT2D eigenvalue weighted by atomic mass is 9.69. The van der Waals surface area contributed by atoms with Crippen LogP contribution in [0.3, 0.4) is 0 Å². The SMILES string of the molecule is CC(C)CCCCCCOC(=O)CCC1CCC(CCC(=O)OCCCCCCC(C)C)C(CCC(=O)OCCCCCCC(C)C)C1. The molecule has 0 radical (unpaired) electrons. The van der Waals surface area contributed by atoms with Crippen LogP contribution in [0, 0.1) is 35.5 Å². The van der Waals surface area contributed by atoms with E-state index in [1.54, 1.807) is 0 Å². The predicted octanol–water partition coefficient (Wildman–Crippen LogP) is 11.8. The maximum atomic E-state index is 12.6. The van der Waals surface area contributed by atoms with Gasteiger partial charge < -0.3 is 14.2 Å². The molecule has 1 rings (SSSR count). The molecule has 1 aliphatic rings. The molecule has 1 saturated carbocycles. The van der Waals surface area contributed by atoms with Gasteiger partial charge in [0.2, 0.25) is 0 Å². The fourth-order valence-corrected chi connectivity index (χ4v) is 7.15. The molecule has 3 atom stereocenters. The van der Waals surface area contributed by atoms with E-state index in [-0.39, 0.29) is 17.9 Å². The molecule has 0 aromatic heterocycles. The highest BCUT2D eigenvalue weighted by atomic mass is 16.5. The van der Waals surface area contributed by atoms with E-state index in [2.05, 4.69) is 41.5 Å². The topological polar surface area (TPSA) is 78.9 Å². The lowest BCUT2D eigenvalue weighted by Crippen LogP contribution is -2.27. The molecule has 0 bridgehead atoms. The predicted molar refractivity (Wildman–Crippen MR) is 199 cm³/mol. The summed E-state index contributed by atoms with van der Waals surface area (Å²) in [4.78, 5) is 37.7. The standard InChI is InChI=1S/C42H78O6/c1-34(2)19-13-7-10-16-30-46-40(43)27-23-37-22-24-38(25-28-41(44)47-31-17-11-8-14-20-35(3)4)39(33-37)26-29-42(45)48-32-18-12-9-15-21-36(5)6/h34-39H,7-33H2,1-6H3. The van der Waals surface area contributed by atoms with Gasteiger partial charge in [-0.3, -0.25) is 14.4 Å². The first-order valence-electron chi connectivity index (χ1n) is 20.5. The Hall–Kier alpha value is -1.59. The van der Waals surface area contributed by atoms with E-state index < -0.39 is 0 Å². The van der Waals surface area contributed by atoms with Crippen molar-refractivity contribution in [2.24, 2.45) is 35.5 Å². The Morgan fingerprint density at radius 2 is 0.812 bits per heavy atom. The monoisotopic (exact) mass is 679 g/mol. The molecule has 48 heavy (non-hydrogen) atoms. The van der Waals surface area contributed by atoms with Gasteiger partial charge in [-0.15, -0.1) is 0 Å². The van der Waals surface area contributed by atoms with E-state index in [0.717, 1.165) is 94.8 Å². The van der Waals surface area contributed by atoms with E-state index in [4.69, 9.17) is 14.2 Å². The fourth-order valence-electron chi connectivity index (χ4n) is 7.15. The molecule has 0 aromatic carbocycles. The number of unbranched alkanes of at least 4 members (excludes halogenated alkanes) is 9. The van der Waals surface area contributed by atoms with E-state index in [1.165, 1.54) is 57.8 Å². The number of hydrogen-bond donors (Lipinski definition) is 0. The van der Waals surface area contributed by atoms with Gasteiger partial charge in [0, 0.05) is 19.3 Å². The van der Waals surface area contributed by atoms with Crippen LogP contribution in [0.15, 0.2) is 0 Å². The van der Waals surface area contributed by atoms with Crippen LogP contribution in [0.2, 0.25) is 0 Å². The molecule has 3 unspecified atom stereocenters. The van der Waals surface area contributed by atoms with Gasteiger partial charge in [0.1, 0.15) is 0 Å². The normalized spacial score (nSPS) is 18.1. The zero-order valence-electron chi connectivity index (χ0n) is 32.5. The average Bonchev–Trinajstić information content (AvgIpc) is 3.04. The van der Waals surface area contributed by atoms with Crippen LogP contribution in [-0.2, 0) is 28.6 Å². The van der Waals surface area contributed by atoms with Gasteiger partial charge in [-0.25, -0.2) is 0 Å². The van der Waals surface area contributed by atoms with E-state index in [1.807, 2.05) is 0 Å². The third-order valence-corrected chi connectivity index (χ3v) is 10.3. The molecule has 6 heteroatoms. The fraction of sp³-hybridized carbons (Fsp3) is 0.929. The van der Waals surface area contributed by atoms with Crippen molar-refractivity contribution in [3.05, 3.63) is 0 Å².